The fourth-order valence-corrected chi connectivity index (χ4v) is 5.34. The van der Waals surface area contributed by atoms with Gasteiger partial charge in [-0.3, -0.25) is 0 Å². The first kappa shape index (κ1) is 18.8. The minimum absolute atomic E-state index is 0.785. The zero-order valence-corrected chi connectivity index (χ0v) is 16.5. The van der Waals surface area contributed by atoms with Gasteiger partial charge in [0.05, 0.1) is 6.61 Å². The number of rotatable bonds is 7. The van der Waals surface area contributed by atoms with Gasteiger partial charge in [-0.15, -0.1) is 0 Å². The average Bonchev–Trinajstić information content (AvgIpc) is 2.68. The Hall–Kier alpha value is -0.980. The maximum Gasteiger partial charge on any atom is 0.119 e. The Bertz CT molecular complexity index is 475. The highest BCUT2D eigenvalue weighted by molar-refractivity contribution is 5.29. The standard InChI is InChI=1S/C24H38O/c1-3-5-19-6-8-20(9-7-19)21-10-12-22(13-11-21)23-14-16-24(17-15-23)25-18-4-2/h14-17,19-22H,3-13,18H2,1-2H3. The van der Waals surface area contributed by atoms with Crippen LogP contribution in [0, 0.1) is 17.8 Å². The molecule has 3 rings (SSSR count). The molecule has 0 unspecified atom stereocenters. The first-order valence-electron chi connectivity index (χ1n) is 11.0. The molecule has 0 aliphatic heterocycles. The van der Waals surface area contributed by atoms with E-state index >= 15 is 0 Å². The van der Waals surface area contributed by atoms with Gasteiger partial charge in [-0.05, 0) is 86.3 Å². The van der Waals surface area contributed by atoms with E-state index < -0.39 is 0 Å². The van der Waals surface area contributed by atoms with Crippen LogP contribution < -0.4 is 4.74 Å². The van der Waals surface area contributed by atoms with E-state index in [-0.39, 0.29) is 0 Å². The molecule has 1 aromatic rings. The summed E-state index contributed by atoms with van der Waals surface area (Å²) in [6.45, 7) is 5.32. The van der Waals surface area contributed by atoms with Crippen molar-refractivity contribution in [2.45, 2.75) is 90.4 Å². The third kappa shape index (κ3) is 5.25. The quantitative estimate of drug-likeness (QED) is 0.503. The molecule has 0 atom stereocenters. The SMILES string of the molecule is CCCOc1ccc(C2CCC(C3CCC(CCC)CC3)CC2)cc1. The average molecular weight is 343 g/mol. The molecule has 0 spiro atoms. The van der Waals surface area contributed by atoms with Crippen molar-refractivity contribution in [3.63, 3.8) is 0 Å². The Morgan fingerprint density at radius 2 is 1.36 bits per heavy atom. The van der Waals surface area contributed by atoms with Gasteiger partial charge in [0.15, 0.2) is 0 Å². The maximum atomic E-state index is 5.72. The van der Waals surface area contributed by atoms with Crippen LogP contribution in [0.15, 0.2) is 24.3 Å². The molecular weight excluding hydrogens is 304 g/mol. The molecule has 2 fully saturated rings. The maximum absolute atomic E-state index is 5.72. The second-order valence-corrected chi connectivity index (χ2v) is 8.60. The zero-order valence-electron chi connectivity index (χ0n) is 16.5. The van der Waals surface area contributed by atoms with E-state index in [0.29, 0.717) is 0 Å². The lowest BCUT2D eigenvalue weighted by atomic mass is 9.68. The van der Waals surface area contributed by atoms with Gasteiger partial charge >= 0.3 is 0 Å². The van der Waals surface area contributed by atoms with Gasteiger partial charge in [0, 0.05) is 0 Å². The monoisotopic (exact) mass is 342 g/mol. The Labute approximate surface area is 155 Å². The van der Waals surface area contributed by atoms with Gasteiger partial charge in [0.25, 0.3) is 0 Å². The molecule has 2 aliphatic carbocycles. The van der Waals surface area contributed by atoms with Crippen molar-refractivity contribution >= 4 is 0 Å². The summed E-state index contributed by atoms with van der Waals surface area (Å²) in [5.74, 6) is 4.92. The Morgan fingerprint density at radius 3 is 1.92 bits per heavy atom. The minimum Gasteiger partial charge on any atom is -0.494 e. The van der Waals surface area contributed by atoms with Crippen molar-refractivity contribution in [2.24, 2.45) is 17.8 Å². The Kier molecular flexibility index (Phi) is 7.25. The van der Waals surface area contributed by atoms with Crippen molar-refractivity contribution in [1.82, 2.24) is 0 Å². The molecule has 1 heteroatoms. The lowest BCUT2D eigenvalue weighted by Crippen LogP contribution is -2.25. The van der Waals surface area contributed by atoms with Crippen molar-refractivity contribution in [2.75, 3.05) is 6.61 Å². The van der Waals surface area contributed by atoms with Gasteiger partial charge in [-0.25, -0.2) is 0 Å². The summed E-state index contributed by atoms with van der Waals surface area (Å²) in [5.41, 5.74) is 1.54. The molecule has 0 aromatic heterocycles. The fraction of sp³-hybridized carbons (Fsp3) is 0.750. The summed E-state index contributed by atoms with van der Waals surface area (Å²) in [6, 6.07) is 8.97. The molecule has 0 N–H and O–H groups in total. The number of hydrogen-bond donors (Lipinski definition) is 0. The first-order valence-corrected chi connectivity index (χ1v) is 11.0. The van der Waals surface area contributed by atoms with Crippen molar-refractivity contribution in [1.29, 1.82) is 0 Å². The van der Waals surface area contributed by atoms with Crippen LogP contribution in [0.3, 0.4) is 0 Å². The van der Waals surface area contributed by atoms with E-state index in [2.05, 4.69) is 38.1 Å². The molecule has 0 amide bonds. The van der Waals surface area contributed by atoms with Crippen LogP contribution >= 0.6 is 0 Å². The first-order chi connectivity index (χ1) is 12.3. The van der Waals surface area contributed by atoms with Crippen LogP contribution in [0.1, 0.15) is 96.0 Å². The normalized spacial score (nSPS) is 30.2. The highest BCUT2D eigenvalue weighted by Gasteiger charge is 2.31. The molecular formula is C24H38O. The molecule has 0 bridgehead atoms. The lowest BCUT2D eigenvalue weighted by molar-refractivity contribution is 0.156. The third-order valence-electron chi connectivity index (χ3n) is 6.85. The third-order valence-corrected chi connectivity index (χ3v) is 6.85. The molecule has 140 valence electrons. The number of benzene rings is 1. The van der Waals surface area contributed by atoms with E-state index in [4.69, 9.17) is 4.74 Å². The van der Waals surface area contributed by atoms with Gasteiger partial charge in [-0.2, -0.15) is 0 Å². The summed E-state index contributed by atoms with van der Waals surface area (Å²) < 4.78 is 5.72. The van der Waals surface area contributed by atoms with E-state index in [9.17, 15) is 0 Å². The summed E-state index contributed by atoms with van der Waals surface area (Å²) in [5, 5.41) is 0. The van der Waals surface area contributed by atoms with Gasteiger partial charge in [0.2, 0.25) is 0 Å². The molecule has 0 radical (unpaired) electrons. The largest absolute Gasteiger partial charge is 0.494 e. The van der Waals surface area contributed by atoms with Crippen LogP contribution in [-0.2, 0) is 0 Å². The van der Waals surface area contributed by atoms with E-state index in [0.717, 1.165) is 42.4 Å². The predicted molar refractivity (Wildman–Crippen MR) is 107 cm³/mol. The van der Waals surface area contributed by atoms with Gasteiger partial charge in [-0.1, -0.05) is 51.7 Å². The molecule has 2 saturated carbocycles. The highest BCUT2D eigenvalue weighted by Crippen LogP contribution is 2.44. The Balaban J connectivity index is 1.44. The Morgan fingerprint density at radius 1 is 0.760 bits per heavy atom. The summed E-state index contributed by atoms with van der Waals surface area (Å²) >= 11 is 0. The van der Waals surface area contributed by atoms with E-state index in [1.54, 1.807) is 0 Å². The molecule has 0 heterocycles. The van der Waals surface area contributed by atoms with E-state index in [1.807, 2.05) is 0 Å². The van der Waals surface area contributed by atoms with E-state index in [1.165, 1.54) is 69.8 Å². The lowest BCUT2D eigenvalue weighted by Gasteiger charge is -2.38. The summed E-state index contributed by atoms with van der Waals surface area (Å²) in [7, 11) is 0. The molecule has 25 heavy (non-hydrogen) atoms. The van der Waals surface area contributed by atoms with Crippen LogP contribution in [0.4, 0.5) is 0 Å². The molecule has 0 saturated heterocycles. The summed E-state index contributed by atoms with van der Waals surface area (Å²) in [6.07, 6.45) is 15.7. The van der Waals surface area contributed by atoms with Crippen LogP contribution in [0.25, 0.3) is 0 Å². The molecule has 1 aromatic carbocycles. The van der Waals surface area contributed by atoms with Crippen LogP contribution in [0.5, 0.6) is 5.75 Å². The molecule has 1 nitrogen and oxygen atoms in total. The predicted octanol–water partition coefficient (Wildman–Crippen LogP) is 7.36. The zero-order chi connectivity index (χ0) is 17.5. The smallest absolute Gasteiger partial charge is 0.119 e. The number of hydrogen-bond acceptors (Lipinski definition) is 1. The van der Waals surface area contributed by atoms with Gasteiger partial charge in [0.1, 0.15) is 5.75 Å². The van der Waals surface area contributed by atoms with Crippen molar-refractivity contribution in [3.8, 4) is 5.75 Å². The fourth-order valence-electron chi connectivity index (χ4n) is 5.34. The summed E-state index contributed by atoms with van der Waals surface area (Å²) in [4.78, 5) is 0. The minimum atomic E-state index is 0.785. The second kappa shape index (κ2) is 9.64. The van der Waals surface area contributed by atoms with Crippen LogP contribution in [-0.4, -0.2) is 6.61 Å². The number of ether oxygens (including phenoxy) is 1. The topological polar surface area (TPSA) is 9.23 Å². The van der Waals surface area contributed by atoms with Crippen LogP contribution in [0.2, 0.25) is 0 Å². The van der Waals surface area contributed by atoms with Gasteiger partial charge < -0.3 is 4.74 Å². The van der Waals surface area contributed by atoms with Crippen molar-refractivity contribution < 1.29 is 4.74 Å². The highest BCUT2D eigenvalue weighted by atomic mass is 16.5. The van der Waals surface area contributed by atoms with Crippen molar-refractivity contribution in [3.05, 3.63) is 29.8 Å². The second-order valence-electron chi connectivity index (χ2n) is 8.60. The molecule has 2 aliphatic rings.